The molecule has 176 valence electrons. The number of anilines is 1. The Morgan fingerprint density at radius 1 is 0.882 bits per heavy atom. The van der Waals surface area contributed by atoms with Crippen molar-refractivity contribution < 1.29 is 14.4 Å². The van der Waals surface area contributed by atoms with Crippen LogP contribution in [0.4, 0.5) is 5.69 Å². The molecule has 0 aromatic heterocycles. The van der Waals surface area contributed by atoms with Crippen LogP contribution in [-0.4, -0.2) is 30.3 Å². The fourth-order valence-corrected chi connectivity index (χ4v) is 3.88. The van der Waals surface area contributed by atoms with Crippen molar-refractivity contribution in [2.24, 2.45) is 0 Å². The highest BCUT2D eigenvalue weighted by Gasteiger charge is 2.22. The number of hydrogen-bond acceptors (Lipinski definition) is 3. The van der Waals surface area contributed by atoms with Crippen LogP contribution in [0.2, 0.25) is 5.02 Å². The summed E-state index contributed by atoms with van der Waals surface area (Å²) in [5.74, 6) is -1.19. The number of benzene rings is 3. The van der Waals surface area contributed by atoms with Gasteiger partial charge in [0.15, 0.2) is 0 Å². The average Bonchev–Trinajstić information content (AvgIpc) is 2.80. The highest BCUT2D eigenvalue weighted by atomic mass is 35.5. The van der Waals surface area contributed by atoms with Crippen LogP contribution in [0.15, 0.2) is 66.7 Å². The molecule has 0 radical (unpaired) electrons. The van der Waals surface area contributed by atoms with Gasteiger partial charge in [0.1, 0.15) is 6.04 Å². The van der Waals surface area contributed by atoms with E-state index in [9.17, 15) is 14.4 Å². The van der Waals surface area contributed by atoms with Crippen molar-refractivity contribution in [3.63, 3.8) is 0 Å². The van der Waals surface area contributed by atoms with Crippen LogP contribution < -0.4 is 16.0 Å². The first kappa shape index (κ1) is 25.0. The molecule has 3 aromatic rings. The summed E-state index contributed by atoms with van der Waals surface area (Å²) >= 11 is 5.90. The minimum absolute atomic E-state index is 0.215. The van der Waals surface area contributed by atoms with E-state index in [4.69, 9.17) is 11.6 Å². The fourth-order valence-electron chi connectivity index (χ4n) is 3.75. The van der Waals surface area contributed by atoms with Gasteiger partial charge in [0.05, 0.1) is 6.54 Å². The van der Waals surface area contributed by atoms with Gasteiger partial charge in [-0.15, -0.1) is 0 Å². The Hall–Kier alpha value is -3.64. The molecule has 0 bridgehead atoms. The van der Waals surface area contributed by atoms with Crippen LogP contribution in [0.3, 0.4) is 0 Å². The van der Waals surface area contributed by atoms with E-state index < -0.39 is 17.9 Å². The zero-order chi connectivity index (χ0) is 24.7. The van der Waals surface area contributed by atoms with E-state index >= 15 is 0 Å². The number of amides is 3. The lowest BCUT2D eigenvalue weighted by atomic mass is 10.0. The summed E-state index contributed by atoms with van der Waals surface area (Å²) in [7, 11) is 0. The van der Waals surface area contributed by atoms with Crippen molar-refractivity contribution in [1.82, 2.24) is 10.6 Å². The zero-order valence-electron chi connectivity index (χ0n) is 19.4. The van der Waals surface area contributed by atoms with Crippen LogP contribution in [0.25, 0.3) is 0 Å². The first-order valence-electron chi connectivity index (χ1n) is 11.0. The largest absolute Gasteiger partial charge is 0.345 e. The van der Waals surface area contributed by atoms with Gasteiger partial charge in [0.2, 0.25) is 11.8 Å². The summed E-state index contributed by atoms with van der Waals surface area (Å²) in [6, 6.07) is 18.9. The van der Waals surface area contributed by atoms with Gasteiger partial charge >= 0.3 is 0 Å². The van der Waals surface area contributed by atoms with Crippen LogP contribution in [-0.2, 0) is 16.0 Å². The van der Waals surface area contributed by atoms with E-state index in [1.165, 1.54) is 0 Å². The third-order valence-corrected chi connectivity index (χ3v) is 5.63. The summed E-state index contributed by atoms with van der Waals surface area (Å²) in [6.07, 6.45) is 0.282. The third kappa shape index (κ3) is 6.93. The molecule has 0 fully saturated rings. The maximum absolute atomic E-state index is 13.0. The maximum atomic E-state index is 13.0. The second kappa shape index (κ2) is 11.5. The molecule has 3 rings (SSSR count). The molecule has 0 aliphatic rings. The molecule has 34 heavy (non-hydrogen) atoms. The number of rotatable bonds is 8. The Balaban J connectivity index is 1.67. The molecule has 3 aromatic carbocycles. The van der Waals surface area contributed by atoms with Gasteiger partial charge in [-0.1, -0.05) is 59.6 Å². The predicted molar refractivity (Wildman–Crippen MR) is 135 cm³/mol. The van der Waals surface area contributed by atoms with Gasteiger partial charge in [-0.25, -0.2) is 0 Å². The summed E-state index contributed by atoms with van der Waals surface area (Å²) in [5, 5.41) is 8.81. The molecule has 0 aliphatic carbocycles. The Labute approximate surface area is 204 Å². The van der Waals surface area contributed by atoms with Gasteiger partial charge in [0.25, 0.3) is 5.91 Å². The van der Waals surface area contributed by atoms with E-state index in [0.29, 0.717) is 10.6 Å². The molecule has 0 heterocycles. The normalized spacial score (nSPS) is 11.4. The number of nitrogens with one attached hydrogen (secondary N) is 3. The number of aryl methyl sites for hydroxylation is 3. The predicted octanol–water partition coefficient (Wildman–Crippen LogP) is 4.36. The summed E-state index contributed by atoms with van der Waals surface area (Å²) < 4.78 is 0. The van der Waals surface area contributed by atoms with Crippen LogP contribution in [0, 0.1) is 20.8 Å². The lowest BCUT2D eigenvalue weighted by Crippen LogP contribution is -2.49. The average molecular weight is 478 g/mol. The summed E-state index contributed by atoms with van der Waals surface area (Å²) in [6.45, 7) is 5.64. The highest BCUT2D eigenvalue weighted by molar-refractivity contribution is 6.30. The molecule has 0 saturated heterocycles. The van der Waals surface area contributed by atoms with Gasteiger partial charge < -0.3 is 16.0 Å². The highest BCUT2D eigenvalue weighted by Crippen LogP contribution is 2.21. The molecule has 3 amide bonds. The van der Waals surface area contributed by atoms with Crippen molar-refractivity contribution in [3.8, 4) is 0 Å². The Bertz CT molecular complexity index is 1150. The lowest BCUT2D eigenvalue weighted by molar-refractivity contribution is -0.125. The molecule has 1 atom stereocenters. The number of carbonyl (C=O) groups excluding carboxylic acids is 3. The third-order valence-electron chi connectivity index (χ3n) is 5.38. The van der Waals surface area contributed by atoms with E-state index in [1.54, 1.807) is 24.3 Å². The summed E-state index contributed by atoms with van der Waals surface area (Å²) in [4.78, 5) is 38.2. The quantitative estimate of drug-likeness (QED) is 0.450. The topological polar surface area (TPSA) is 87.3 Å². The van der Waals surface area contributed by atoms with E-state index in [0.717, 1.165) is 27.9 Å². The molecule has 7 heteroatoms. The molecule has 6 nitrogen and oxygen atoms in total. The second-order valence-electron chi connectivity index (χ2n) is 8.26. The summed E-state index contributed by atoms with van der Waals surface area (Å²) in [5.41, 5.74) is 5.03. The van der Waals surface area contributed by atoms with Crippen molar-refractivity contribution in [3.05, 3.63) is 99.6 Å². The molecule has 0 saturated carbocycles. The van der Waals surface area contributed by atoms with Crippen LogP contribution >= 0.6 is 11.6 Å². The number of halogens is 1. The molecule has 3 N–H and O–H groups in total. The Morgan fingerprint density at radius 2 is 1.50 bits per heavy atom. The molecular formula is C27H28ClN3O3. The lowest BCUT2D eigenvalue weighted by Gasteiger charge is -2.19. The standard InChI is InChI=1S/C27H28ClN3O3/c1-17-13-18(2)25(19(3)14-17)31-24(32)16-29-27(34)23(15-20-7-5-4-6-8-20)30-26(33)21-9-11-22(28)12-10-21/h4-14,23H,15-16H2,1-3H3,(H,29,34)(H,30,33)(H,31,32). The SMILES string of the molecule is Cc1cc(C)c(NC(=O)CNC(=O)C(Cc2ccccc2)NC(=O)c2ccc(Cl)cc2)c(C)c1. The fraction of sp³-hybridized carbons (Fsp3) is 0.222. The minimum Gasteiger partial charge on any atom is -0.345 e. The van der Waals surface area contributed by atoms with E-state index in [-0.39, 0.29) is 18.9 Å². The van der Waals surface area contributed by atoms with Crippen molar-refractivity contribution >= 4 is 35.0 Å². The first-order chi connectivity index (χ1) is 16.2. The van der Waals surface area contributed by atoms with Crippen LogP contribution in [0.5, 0.6) is 0 Å². The van der Waals surface area contributed by atoms with E-state index in [1.807, 2.05) is 63.2 Å². The molecule has 0 aliphatic heterocycles. The number of carbonyl (C=O) groups is 3. The Kier molecular flexibility index (Phi) is 8.44. The first-order valence-corrected chi connectivity index (χ1v) is 11.4. The van der Waals surface area contributed by atoms with Gasteiger partial charge in [-0.2, -0.15) is 0 Å². The monoisotopic (exact) mass is 477 g/mol. The molecule has 0 spiro atoms. The van der Waals surface area contributed by atoms with Gasteiger partial charge in [-0.3, -0.25) is 14.4 Å². The Morgan fingerprint density at radius 3 is 2.12 bits per heavy atom. The van der Waals surface area contributed by atoms with E-state index in [2.05, 4.69) is 16.0 Å². The van der Waals surface area contributed by atoms with Crippen molar-refractivity contribution in [1.29, 1.82) is 0 Å². The van der Waals surface area contributed by atoms with Crippen LogP contribution in [0.1, 0.15) is 32.6 Å². The second-order valence-corrected chi connectivity index (χ2v) is 8.70. The zero-order valence-corrected chi connectivity index (χ0v) is 20.2. The van der Waals surface area contributed by atoms with Crippen molar-refractivity contribution in [2.45, 2.75) is 33.2 Å². The smallest absolute Gasteiger partial charge is 0.251 e. The maximum Gasteiger partial charge on any atom is 0.251 e. The molecular weight excluding hydrogens is 450 g/mol. The van der Waals surface area contributed by atoms with Gasteiger partial charge in [-0.05, 0) is 61.7 Å². The minimum atomic E-state index is -0.860. The van der Waals surface area contributed by atoms with Gasteiger partial charge in [0, 0.05) is 22.7 Å². The number of hydrogen-bond donors (Lipinski definition) is 3. The molecule has 1 unspecified atom stereocenters. The van der Waals surface area contributed by atoms with Crippen molar-refractivity contribution in [2.75, 3.05) is 11.9 Å².